The summed E-state index contributed by atoms with van der Waals surface area (Å²) < 4.78 is 28.5. The Bertz CT molecular complexity index is 845. The Morgan fingerprint density at radius 1 is 1.50 bits per heavy atom. The summed E-state index contributed by atoms with van der Waals surface area (Å²) in [5, 5.41) is 2.74. The Hall–Kier alpha value is -1.65. The zero-order chi connectivity index (χ0) is 18.7. The molecule has 2 saturated heterocycles. The van der Waals surface area contributed by atoms with E-state index in [4.69, 9.17) is 16.6 Å². The van der Waals surface area contributed by atoms with Gasteiger partial charge in [-0.15, -0.1) is 0 Å². The summed E-state index contributed by atoms with van der Waals surface area (Å²) in [6.45, 7) is 0.344. The molecule has 1 N–H and O–H groups in total. The molecule has 0 unspecified atom stereocenters. The molecule has 2 aliphatic rings. The van der Waals surface area contributed by atoms with Crippen molar-refractivity contribution in [3.8, 4) is 0 Å². The van der Waals surface area contributed by atoms with E-state index in [9.17, 15) is 18.0 Å². The van der Waals surface area contributed by atoms with E-state index in [1.54, 1.807) is 18.2 Å². The summed E-state index contributed by atoms with van der Waals surface area (Å²) in [5.41, 5.74) is 0. The summed E-state index contributed by atoms with van der Waals surface area (Å²) in [6.07, 6.45) is 4.30. The third-order valence-corrected chi connectivity index (χ3v) is 7.22. The van der Waals surface area contributed by atoms with Crippen LogP contribution in [0.3, 0.4) is 0 Å². The standard InChI is InChI=1S/C16H18N2O5S3/c19-14(17-11-5-8-26(21,22)10-11)4-1-6-18-15(20)13(25-16(18)24)9-12-3-2-7-23-12/h2-3,7,9,11H,1,4-6,8,10H2,(H,17,19)/b13-9+/t11-/m0/s1. The lowest BCUT2D eigenvalue weighted by atomic mass is 10.2. The van der Waals surface area contributed by atoms with Gasteiger partial charge in [0.1, 0.15) is 10.1 Å². The summed E-state index contributed by atoms with van der Waals surface area (Å²) >= 11 is 6.45. The molecular formula is C16H18N2O5S3. The summed E-state index contributed by atoms with van der Waals surface area (Å²) in [4.78, 5) is 26.3. The Morgan fingerprint density at radius 3 is 2.96 bits per heavy atom. The second-order valence-electron chi connectivity index (χ2n) is 6.12. The Balaban J connectivity index is 1.46. The van der Waals surface area contributed by atoms with Gasteiger partial charge in [0.15, 0.2) is 9.84 Å². The lowest BCUT2D eigenvalue weighted by Gasteiger charge is -2.15. The first kappa shape index (κ1) is 19.1. The lowest BCUT2D eigenvalue weighted by molar-refractivity contribution is -0.124. The van der Waals surface area contributed by atoms with Gasteiger partial charge in [-0.1, -0.05) is 24.0 Å². The second-order valence-corrected chi connectivity index (χ2v) is 10.0. The highest BCUT2D eigenvalue weighted by Gasteiger charge is 2.32. The zero-order valence-corrected chi connectivity index (χ0v) is 16.3. The average molecular weight is 415 g/mol. The molecule has 2 fully saturated rings. The van der Waals surface area contributed by atoms with Crippen LogP contribution in [0, 0.1) is 0 Å². The smallest absolute Gasteiger partial charge is 0.266 e. The maximum atomic E-state index is 12.4. The second kappa shape index (κ2) is 7.93. The van der Waals surface area contributed by atoms with Crippen LogP contribution in [0.4, 0.5) is 0 Å². The van der Waals surface area contributed by atoms with Crippen molar-refractivity contribution in [2.75, 3.05) is 18.1 Å². The number of carbonyl (C=O) groups is 2. The monoisotopic (exact) mass is 414 g/mol. The quantitative estimate of drug-likeness (QED) is 0.557. The van der Waals surface area contributed by atoms with Crippen LogP contribution in [-0.4, -0.2) is 53.5 Å². The fourth-order valence-corrected chi connectivity index (χ4v) is 5.76. The molecule has 3 heterocycles. The van der Waals surface area contributed by atoms with E-state index in [0.717, 1.165) is 0 Å². The van der Waals surface area contributed by atoms with Crippen molar-refractivity contribution in [2.24, 2.45) is 0 Å². The van der Waals surface area contributed by atoms with Crippen LogP contribution >= 0.6 is 24.0 Å². The fourth-order valence-electron chi connectivity index (χ4n) is 2.80. The maximum absolute atomic E-state index is 12.4. The predicted molar refractivity (Wildman–Crippen MR) is 103 cm³/mol. The number of sulfone groups is 1. The third kappa shape index (κ3) is 4.74. The molecule has 0 spiro atoms. The van der Waals surface area contributed by atoms with Crippen LogP contribution in [0.15, 0.2) is 27.7 Å². The first-order valence-corrected chi connectivity index (χ1v) is 11.2. The van der Waals surface area contributed by atoms with Crippen molar-refractivity contribution in [3.63, 3.8) is 0 Å². The van der Waals surface area contributed by atoms with Crippen molar-refractivity contribution in [1.82, 2.24) is 10.2 Å². The van der Waals surface area contributed by atoms with Crippen molar-refractivity contribution in [2.45, 2.75) is 25.3 Å². The van der Waals surface area contributed by atoms with Gasteiger partial charge in [-0.05, 0) is 25.0 Å². The molecule has 0 aliphatic carbocycles. The van der Waals surface area contributed by atoms with Gasteiger partial charge in [0.05, 0.1) is 22.7 Å². The number of hydrogen-bond acceptors (Lipinski definition) is 7. The zero-order valence-electron chi connectivity index (χ0n) is 13.8. The number of furan rings is 1. The van der Waals surface area contributed by atoms with E-state index in [2.05, 4.69) is 5.32 Å². The van der Waals surface area contributed by atoms with Gasteiger partial charge in [-0.2, -0.15) is 0 Å². The molecule has 26 heavy (non-hydrogen) atoms. The summed E-state index contributed by atoms with van der Waals surface area (Å²) in [7, 11) is -3.02. The molecule has 0 saturated carbocycles. The number of amides is 2. The van der Waals surface area contributed by atoms with Crippen LogP contribution in [0.5, 0.6) is 0 Å². The molecule has 10 heteroatoms. The highest BCUT2D eigenvalue weighted by molar-refractivity contribution is 8.26. The van der Waals surface area contributed by atoms with E-state index in [1.165, 1.54) is 22.9 Å². The highest BCUT2D eigenvalue weighted by atomic mass is 32.2. The summed E-state index contributed by atoms with van der Waals surface area (Å²) in [5.74, 6) is 0.306. The van der Waals surface area contributed by atoms with Gasteiger partial charge in [-0.3, -0.25) is 14.5 Å². The van der Waals surface area contributed by atoms with Crippen molar-refractivity contribution in [3.05, 3.63) is 29.1 Å². The van der Waals surface area contributed by atoms with Crippen molar-refractivity contribution in [1.29, 1.82) is 0 Å². The fraction of sp³-hybridized carbons (Fsp3) is 0.438. The number of carbonyl (C=O) groups excluding carboxylic acids is 2. The number of rotatable bonds is 6. The van der Waals surface area contributed by atoms with E-state index >= 15 is 0 Å². The topological polar surface area (TPSA) is 96.7 Å². The average Bonchev–Trinajstić information content (AvgIpc) is 3.25. The van der Waals surface area contributed by atoms with E-state index < -0.39 is 9.84 Å². The van der Waals surface area contributed by atoms with Crippen molar-refractivity contribution < 1.29 is 22.4 Å². The van der Waals surface area contributed by atoms with Gasteiger partial charge < -0.3 is 9.73 Å². The van der Waals surface area contributed by atoms with Gasteiger partial charge in [0.25, 0.3) is 5.91 Å². The Morgan fingerprint density at radius 2 is 2.31 bits per heavy atom. The Kier molecular flexibility index (Phi) is 5.83. The van der Waals surface area contributed by atoms with Gasteiger partial charge >= 0.3 is 0 Å². The number of thiocarbonyl (C=S) groups is 1. The first-order chi connectivity index (χ1) is 12.3. The predicted octanol–water partition coefficient (Wildman–Crippen LogP) is 1.56. The molecule has 2 aliphatic heterocycles. The minimum absolute atomic E-state index is 0.00497. The van der Waals surface area contributed by atoms with Crippen LogP contribution in [0.2, 0.25) is 0 Å². The minimum Gasteiger partial charge on any atom is -0.465 e. The van der Waals surface area contributed by atoms with Crippen LogP contribution < -0.4 is 5.32 Å². The molecule has 1 aromatic rings. The molecule has 1 atom stereocenters. The minimum atomic E-state index is -3.02. The maximum Gasteiger partial charge on any atom is 0.266 e. The van der Waals surface area contributed by atoms with E-state index in [0.29, 0.717) is 34.4 Å². The molecular weight excluding hydrogens is 396 g/mol. The largest absolute Gasteiger partial charge is 0.465 e. The van der Waals surface area contributed by atoms with Crippen LogP contribution in [0.25, 0.3) is 6.08 Å². The van der Waals surface area contributed by atoms with Crippen molar-refractivity contribution >= 4 is 56.0 Å². The third-order valence-electron chi connectivity index (χ3n) is 4.07. The highest BCUT2D eigenvalue weighted by Crippen LogP contribution is 2.32. The molecule has 0 bridgehead atoms. The molecule has 0 aromatic carbocycles. The van der Waals surface area contributed by atoms with Crippen LogP contribution in [-0.2, 0) is 19.4 Å². The number of nitrogens with zero attached hydrogens (tertiary/aromatic N) is 1. The number of nitrogens with one attached hydrogen (secondary N) is 1. The van der Waals surface area contributed by atoms with E-state index in [1.807, 2.05) is 0 Å². The number of hydrogen-bond donors (Lipinski definition) is 1. The lowest BCUT2D eigenvalue weighted by Crippen LogP contribution is -2.36. The summed E-state index contributed by atoms with van der Waals surface area (Å²) in [6, 6.07) is 3.18. The number of thioether (sulfide) groups is 1. The van der Waals surface area contributed by atoms with Gasteiger partial charge in [0.2, 0.25) is 5.91 Å². The normalized spacial score (nSPS) is 23.8. The van der Waals surface area contributed by atoms with Gasteiger partial charge in [0, 0.05) is 25.1 Å². The SMILES string of the molecule is O=C(CCCN1C(=O)/C(=C\c2ccco2)SC1=S)N[C@H]1CCS(=O)(=O)C1. The van der Waals surface area contributed by atoms with Gasteiger partial charge in [-0.25, -0.2) is 8.42 Å². The Labute approximate surface area is 161 Å². The molecule has 3 rings (SSSR count). The molecule has 140 valence electrons. The molecule has 7 nitrogen and oxygen atoms in total. The molecule has 2 amide bonds. The van der Waals surface area contributed by atoms with E-state index in [-0.39, 0.29) is 35.8 Å². The van der Waals surface area contributed by atoms with Crippen LogP contribution in [0.1, 0.15) is 25.0 Å². The molecule has 0 radical (unpaired) electrons. The molecule has 1 aromatic heterocycles. The first-order valence-electron chi connectivity index (χ1n) is 8.13.